The van der Waals surface area contributed by atoms with Crippen LogP contribution in [-0.4, -0.2) is 23.7 Å². The summed E-state index contributed by atoms with van der Waals surface area (Å²) in [5.41, 5.74) is 2.07. The molecule has 0 atom stereocenters. The van der Waals surface area contributed by atoms with Gasteiger partial charge in [-0.1, -0.05) is 40.0 Å². The number of benzene rings is 2. The first-order chi connectivity index (χ1) is 9.67. The molecular weight excluding hydrogens is 291 g/mol. The molecule has 0 saturated carbocycles. The van der Waals surface area contributed by atoms with Crippen molar-refractivity contribution in [2.24, 2.45) is 5.10 Å². The molecule has 0 bridgehead atoms. The molecule has 4 heteroatoms. The van der Waals surface area contributed by atoms with Crippen LogP contribution in [0.1, 0.15) is 18.1 Å². The van der Waals surface area contributed by atoms with Crippen LogP contribution < -0.4 is 0 Å². The lowest BCUT2D eigenvalue weighted by Gasteiger charge is -1.94. The van der Waals surface area contributed by atoms with Gasteiger partial charge in [0.2, 0.25) is 6.21 Å². The van der Waals surface area contributed by atoms with Gasteiger partial charge in [0.25, 0.3) is 0 Å². The standard InChI is InChI=1S/C16H15Cl2N2/c1-2-20(12-14-5-9-16(18)10-6-14)19-11-13-3-7-15(17)8-4-13/h3-12H,2H2,1H3/q+1. The van der Waals surface area contributed by atoms with Crippen LogP contribution in [-0.2, 0) is 0 Å². The molecule has 2 nitrogen and oxygen atoms in total. The number of hydrogen-bond acceptors (Lipinski definition) is 1. The van der Waals surface area contributed by atoms with Gasteiger partial charge in [0.15, 0.2) is 6.54 Å². The molecular formula is C16H15Cl2N2+. The third kappa shape index (κ3) is 4.48. The predicted octanol–water partition coefficient (Wildman–Crippen LogP) is 4.48. The summed E-state index contributed by atoms with van der Waals surface area (Å²) in [6, 6.07) is 15.2. The second-order valence-corrected chi connectivity index (χ2v) is 5.11. The molecule has 2 rings (SSSR count). The summed E-state index contributed by atoms with van der Waals surface area (Å²) in [5, 5.41) is 5.89. The summed E-state index contributed by atoms with van der Waals surface area (Å²) in [6.45, 7) is 2.83. The van der Waals surface area contributed by atoms with E-state index in [9.17, 15) is 0 Å². The van der Waals surface area contributed by atoms with Gasteiger partial charge in [0.05, 0.1) is 0 Å². The van der Waals surface area contributed by atoms with Gasteiger partial charge in [-0.15, -0.1) is 0 Å². The Bertz CT molecular complexity index is 614. The molecule has 0 radical (unpaired) electrons. The number of halogens is 2. The molecule has 0 spiro atoms. The van der Waals surface area contributed by atoms with Crippen LogP contribution in [0.3, 0.4) is 0 Å². The van der Waals surface area contributed by atoms with Crippen LogP contribution >= 0.6 is 23.2 Å². The molecule has 2 aromatic carbocycles. The maximum absolute atomic E-state index is 5.87. The van der Waals surface area contributed by atoms with Crippen LogP contribution in [0.2, 0.25) is 10.0 Å². The Kier molecular flexibility index (Phi) is 5.33. The van der Waals surface area contributed by atoms with E-state index in [1.807, 2.05) is 72.6 Å². The van der Waals surface area contributed by atoms with Crippen molar-refractivity contribution >= 4 is 35.6 Å². The lowest BCUT2D eigenvalue weighted by Crippen LogP contribution is -2.06. The van der Waals surface area contributed by atoms with Crippen LogP contribution in [0, 0.1) is 0 Å². The van der Waals surface area contributed by atoms with Gasteiger partial charge in [-0.3, -0.25) is 0 Å². The minimum Gasteiger partial charge on any atom is -0.0909 e. The quantitative estimate of drug-likeness (QED) is 0.450. The molecule has 20 heavy (non-hydrogen) atoms. The molecule has 0 heterocycles. The third-order valence-corrected chi connectivity index (χ3v) is 3.22. The first-order valence-electron chi connectivity index (χ1n) is 6.34. The molecule has 0 saturated heterocycles. The molecule has 102 valence electrons. The Labute approximate surface area is 129 Å². The van der Waals surface area contributed by atoms with Gasteiger partial charge in [0, 0.05) is 15.6 Å². The van der Waals surface area contributed by atoms with E-state index in [4.69, 9.17) is 23.2 Å². The molecule has 0 fully saturated rings. The molecule has 2 aromatic rings. The van der Waals surface area contributed by atoms with Crippen molar-refractivity contribution < 1.29 is 4.68 Å². The van der Waals surface area contributed by atoms with Crippen molar-refractivity contribution in [3.05, 3.63) is 69.7 Å². The Morgan fingerprint density at radius 3 is 1.90 bits per heavy atom. The zero-order valence-electron chi connectivity index (χ0n) is 11.1. The highest BCUT2D eigenvalue weighted by molar-refractivity contribution is 6.30. The molecule has 0 aromatic heterocycles. The van der Waals surface area contributed by atoms with E-state index in [2.05, 4.69) is 5.10 Å². The largest absolute Gasteiger partial charge is 0.203 e. The van der Waals surface area contributed by atoms with Crippen LogP contribution in [0.5, 0.6) is 0 Å². The van der Waals surface area contributed by atoms with Crippen molar-refractivity contribution in [3.63, 3.8) is 0 Å². The Morgan fingerprint density at radius 1 is 0.900 bits per heavy atom. The second kappa shape index (κ2) is 7.22. The average molecular weight is 306 g/mol. The Hall–Kier alpha value is -1.64. The van der Waals surface area contributed by atoms with Crippen molar-refractivity contribution in [1.82, 2.24) is 0 Å². The molecule has 0 aliphatic carbocycles. The fourth-order valence-corrected chi connectivity index (χ4v) is 1.87. The first kappa shape index (κ1) is 14.8. The second-order valence-electron chi connectivity index (χ2n) is 4.23. The maximum Gasteiger partial charge on any atom is 0.203 e. The summed E-state index contributed by atoms with van der Waals surface area (Å²) in [6.07, 6.45) is 3.79. The summed E-state index contributed by atoms with van der Waals surface area (Å²) < 4.78 is 1.87. The van der Waals surface area contributed by atoms with Crippen LogP contribution in [0.25, 0.3) is 0 Å². The Morgan fingerprint density at radius 2 is 1.40 bits per heavy atom. The van der Waals surface area contributed by atoms with E-state index in [0.29, 0.717) is 0 Å². The van der Waals surface area contributed by atoms with E-state index in [1.165, 1.54) is 0 Å². The van der Waals surface area contributed by atoms with Crippen LogP contribution in [0.4, 0.5) is 0 Å². The number of hydrazone groups is 1. The monoisotopic (exact) mass is 305 g/mol. The van der Waals surface area contributed by atoms with Gasteiger partial charge in [-0.25, -0.2) is 0 Å². The maximum atomic E-state index is 5.87. The summed E-state index contributed by atoms with van der Waals surface area (Å²) in [4.78, 5) is 0. The molecule has 0 aliphatic heterocycles. The third-order valence-electron chi connectivity index (χ3n) is 2.72. The zero-order chi connectivity index (χ0) is 14.4. The highest BCUT2D eigenvalue weighted by atomic mass is 35.5. The number of nitrogens with zero attached hydrogens (tertiary/aromatic N) is 2. The van der Waals surface area contributed by atoms with E-state index >= 15 is 0 Å². The molecule has 0 aliphatic rings. The van der Waals surface area contributed by atoms with Crippen molar-refractivity contribution in [2.75, 3.05) is 6.54 Å². The molecule has 0 N–H and O–H groups in total. The minimum atomic E-state index is 0.724. The minimum absolute atomic E-state index is 0.724. The fourth-order valence-electron chi connectivity index (χ4n) is 1.62. The Balaban J connectivity index is 2.15. The lowest BCUT2D eigenvalue weighted by atomic mass is 10.2. The van der Waals surface area contributed by atoms with E-state index in [0.717, 1.165) is 27.7 Å². The van der Waals surface area contributed by atoms with Crippen molar-refractivity contribution in [1.29, 1.82) is 0 Å². The summed E-state index contributed by atoms with van der Waals surface area (Å²) in [7, 11) is 0. The summed E-state index contributed by atoms with van der Waals surface area (Å²) >= 11 is 11.7. The van der Waals surface area contributed by atoms with Crippen LogP contribution in [0.15, 0.2) is 53.6 Å². The molecule has 0 amide bonds. The van der Waals surface area contributed by atoms with Gasteiger partial charge >= 0.3 is 0 Å². The smallest absolute Gasteiger partial charge is 0.0909 e. The fraction of sp³-hybridized carbons (Fsp3) is 0.125. The summed E-state index contributed by atoms with van der Waals surface area (Å²) in [5.74, 6) is 0. The predicted molar refractivity (Wildman–Crippen MR) is 86.5 cm³/mol. The first-order valence-corrected chi connectivity index (χ1v) is 7.09. The number of hydrogen-bond donors (Lipinski definition) is 0. The topological polar surface area (TPSA) is 15.4 Å². The number of rotatable bonds is 4. The zero-order valence-corrected chi connectivity index (χ0v) is 12.6. The van der Waals surface area contributed by atoms with E-state index in [1.54, 1.807) is 0 Å². The van der Waals surface area contributed by atoms with E-state index in [-0.39, 0.29) is 0 Å². The SMILES string of the molecule is CC[N+](=Cc1ccc(Cl)cc1)N=Cc1ccc(Cl)cc1. The van der Waals surface area contributed by atoms with Gasteiger partial charge in [0.1, 0.15) is 6.21 Å². The van der Waals surface area contributed by atoms with Gasteiger partial charge in [-0.05, 0) is 54.0 Å². The van der Waals surface area contributed by atoms with Crippen molar-refractivity contribution in [3.8, 4) is 0 Å². The molecule has 0 unspecified atom stereocenters. The van der Waals surface area contributed by atoms with Gasteiger partial charge < -0.3 is 0 Å². The van der Waals surface area contributed by atoms with Gasteiger partial charge in [-0.2, -0.15) is 0 Å². The highest BCUT2D eigenvalue weighted by Crippen LogP contribution is 2.09. The lowest BCUT2D eigenvalue weighted by molar-refractivity contribution is -0.524. The highest BCUT2D eigenvalue weighted by Gasteiger charge is 2.00. The normalized spacial score (nSPS) is 12.1. The average Bonchev–Trinajstić information content (AvgIpc) is 2.47. The van der Waals surface area contributed by atoms with Crippen molar-refractivity contribution in [2.45, 2.75) is 6.92 Å². The van der Waals surface area contributed by atoms with E-state index < -0.39 is 0 Å².